The Morgan fingerprint density at radius 3 is 2.71 bits per heavy atom. The Bertz CT molecular complexity index is 1070. The fourth-order valence-corrected chi connectivity index (χ4v) is 3.39. The zero-order valence-corrected chi connectivity index (χ0v) is 15.8. The molecule has 2 atom stereocenters. The van der Waals surface area contributed by atoms with Crippen molar-refractivity contribution in [1.82, 2.24) is 24.7 Å². The molecule has 7 nitrogen and oxygen atoms in total. The summed E-state index contributed by atoms with van der Waals surface area (Å²) in [6.07, 6.45) is 3.84. The molecule has 0 saturated carbocycles. The minimum atomic E-state index is -0.947. The summed E-state index contributed by atoms with van der Waals surface area (Å²) in [6, 6.07) is 11.8. The zero-order valence-electron chi connectivity index (χ0n) is 15.8. The van der Waals surface area contributed by atoms with Gasteiger partial charge in [0.2, 0.25) is 0 Å². The highest BCUT2D eigenvalue weighted by atomic mass is 16.3. The minimum absolute atomic E-state index is 0.305. The molecule has 0 amide bonds. The molecule has 3 N–H and O–H groups in total. The summed E-state index contributed by atoms with van der Waals surface area (Å²) in [5, 5.41) is 28.3. The Balaban J connectivity index is 1.66. The first-order valence-corrected chi connectivity index (χ1v) is 9.32. The van der Waals surface area contributed by atoms with E-state index in [9.17, 15) is 10.2 Å². The summed E-state index contributed by atoms with van der Waals surface area (Å²) in [6.45, 7) is 4.04. The number of aromatic nitrogens is 5. The van der Waals surface area contributed by atoms with Gasteiger partial charge in [0.1, 0.15) is 18.1 Å². The Morgan fingerprint density at radius 2 is 1.96 bits per heavy atom. The molecule has 7 heteroatoms. The van der Waals surface area contributed by atoms with Crippen molar-refractivity contribution in [3.63, 3.8) is 0 Å². The molecule has 0 unspecified atom stereocenters. The first kappa shape index (κ1) is 18.3. The normalized spacial score (nSPS) is 13.9. The van der Waals surface area contributed by atoms with Gasteiger partial charge < -0.3 is 14.8 Å². The lowest BCUT2D eigenvalue weighted by Gasteiger charge is -2.19. The van der Waals surface area contributed by atoms with Crippen LogP contribution in [0.1, 0.15) is 31.9 Å². The predicted octanol–water partition coefficient (Wildman–Crippen LogP) is 3.25. The molecular weight excluding hydrogens is 354 g/mol. The molecule has 28 heavy (non-hydrogen) atoms. The van der Waals surface area contributed by atoms with Crippen LogP contribution in [0.2, 0.25) is 0 Å². The molecule has 3 heterocycles. The van der Waals surface area contributed by atoms with E-state index in [0.717, 1.165) is 22.3 Å². The van der Waals surface area contributed by atoms with Crippen LogP contribution in [0.25, 0.3) is 28.1 Å². The van der Waals surface area contributed by atoms with Crippen LogP contribution in [0.15, 0.2) is 55.1 Å². The number of pyridine rings is 1. The number of H-pyrrole nitrogens is 1. The number of aliphatic hydroxyl groups is 2. The average Bonchev–Trinajstić information content (AvgIpc) is 3.36. The Morgan fingerprint density at radius 1 is 1.11 bits per heavy atom. The van der Waals surface area contributed by atoms with Gasteiger partial charge in [-0.25, -0.2) is 9.97 Å². The number of rotatable bonds is 6. The molecular formula is C21H23N5O2. The number of hydrogen-bond donors (Lipinski definition) is 3. The molecule has 0 aliphatic rings. The van der Waals surface area contributed by atoms with Crippen molar-refractivity contribution < 1.29 is 10.2 Å². The van der Waals surface area contributed by atoms with E-state index < -0.39 is 12.2 Å². The second-order valence-corrected chi connectivity index (χ2v) is 7.39. The van der Waals surface area contributed by atoms with E-state index in [4.69, 9.17) is 0 Å². The fraction of sp³-hybridized carbons (Fsp3) is 0.286. The molecule has 0 spiro atoms. The third kappa shape index (κ3) is 3.54. The van der Waals surface area contributed by atoms with Crippen molar-refractivity contribution in [2.45, 2.75) is 32.5 Å². The van der Waals surface area contributed by atoms with E-state index in [1.165, 1.54) is 6.33 Å². The monoisotopic (exact) mass is 377 g/mol. The third-order valence-corrected chi connectivity index (χ3v) is 4.78. The molecule has 0 fully saturated rings. The maximum absolute atomic E-state index is 10.5. The topological polar surface area (TPSA) is 99.8 Å². The molecule has 0 aliphatic heterocycles. The quantitative estimate of drug-likeness (QED) is 0.479. The Hall–Kier alpha value is -3.03. The molecule has 4 aromatic rings. The lowest BCUT2D eigenvalue weighted by molar-refractivity contribution is 0.00624. The van der Waals surface area contributed by atoms with Crippen molar-refractivity contribution in [2.24, 2.45) is 5.92 Å². The van der Waals surface area contributed by atoms with E-state index in [1.807, 2.05) is 61.0 Å². The van der Waals surface area contributed by atoms with Crippen molar-refractivity contribution in [2.75, 3.05) is 0 Å². The smallest absolute Gasteiger partial charge is 0.155 e. The summed E-state index contributed by atoms with van der Waals surface area (Å²) in [5.74, 6) is 1.01. The summed E-state index contributed by atoms with van der Waals surface area (Å²) in [5.41, 5.74) is 3.28. The highest BCUT2D eigenvalue weighted by Gasteiger charge is 2.20. The van der Waals surface area contributed by atoms with Crippen LogP contribution >= 0.6 is 0 Å². The van der Waals surface area contributed by atoms with Crippen LogP contribution in [-0.2, 0) is 0 Å². The van der Waals surface area contributed by atoms with Gasteiger partial charge in [-0.2, -0.15) is 5.10 Å². The number of aromatic amines is 1. The minimum Gasteiger partial charge on any atom is -0.390 e. The summed E-state index contributed by atoms with van der Waals surface area (Å²) in [7, 11) is 0. The van der Waals surface area contributed by atoms with Crippen molar-refractivity contribution in [1.29, 1.82) is 0 Å². The largest absolute Gasteiger partial charge is 0.390 e. The van der Waals surface area contributed by atoms with Crippen molar-refractivity contribution in [3.8, 4) is 17.1 Å². The van der Waals surface area contributed by atoms with Crippen molar-refractivity contribution >= 4 is 11.0 Å². The standard InChI is InChI=1S/C21H23N5O2/c1-13(2)8-18(27)19(28)16-9-15-6-7-26(21(15)22-11-16)17-5-3-4-14(10-17)20-23-12-24-25-20/h3-7,9-13,18-19,27-28H,8H2,1-2H3,(H,23,24,25)/t18-,19+/m1/s1. The Labute approximate surface area is 162 Å². The highest BCUT2D eigenvalue weighted by Crippen LogP contribution is 2.27. The van der Waals surface area contributed by atoms with Gasteiger partial charge in [0.15, 0.2) is 5.82 Å². The van der Waals surface area contributed by atoms with E-state index in [0.29, 0.717) is 23.7 Å². The maximum Gasteiger partial charge on any atom is 0.155 e. The Kier molecular flexibility index (Phi) is 4.93. The predicted molar refractivity (Wildman–Crippen MR) is 107 cm³/mol. The average molecular weight is 377 g/mol. The van der Waals surface area contributed by atoms with Crippen LogP contribution < -0.4 is 0 Å². The van der Waals surface area contributed by atoms with E-state index in [-0.39, 0.29) is 0 Å². The van der Waals surface area contributed by atoms with Crippen molar-refractivity contribution in [3.05, 3.63) is 60.7 Å². The van der Waals surface area contributed by atoms with Gasteiger partial charge in [0.25, 0.3) is 0 Å². The SMILES string of the molecule is CC(C)C[C@@H](O)[C@@H](O)c1cnc2c(ccn2-c2cccc(-c3ncn[nH]3)c2)c1. The first-order valence-electron chi connectivity index (χ1n) is 9.32. The lowest BCUT2D eigenvalue weighted by Crippen LogP contribution is -2.20. The van der Waals surface area contributed by atoms with Crippen LogP contribution in [0.5, 0.6) is 0 Å². The highest BCUT2D eigenvalue weighted by molar-refractivity contribution is 5.79. The fourth-order valence-electron chi connectivity index (χ4n) is 3.39. The number of nitrogens with zero attached hydrogens (tertiary/aromatic N) is 4. The molecule has 0 aliphatic carbocycles. The van der Waals surface area contributed by atoms with Crippen LogP contribution in [0.3, 0.4) is 0 Å². The second-order valence-electron chi connectivity index (χ2n) is 7.39. The summed E-state index contributed by atoms with van der Waals surface area (Å²) >= 11 is 0. The summed E-state index contributed by atoms with van der Waals surface area (Å²) in [4.78, 5) is 8.74. The molecule has 0 saturated heterocycles. The van der Waals surface area contributed by atoms with Gasteiger partial charge in [0.05, 0.1) is 6.10 Å². The third-order valence-electron chi connectivity index (χ3n) is 4.78. The van der Waals surface area contributed by atoms with Gasteiger partial charge in [-0.1, -0.05) is 26.0 Å². The van der Waals surface area contributed by atoms with Crippen LogP contribution in [0, 0.1) is 5.92 Å². The summed E-state index contributed by atoms with van der Waals surface area (Å²) < 4.78 is 1.98. The van der Waals surface area contributed by atoms with Gasteiger partial charge in [-0.05, 0) is 36.6 Å². The van der Waals surface area contributed by atoms with Crippen LogP contribution in [0.4, 0.5) is 0 Å². The number of fused-ring (bicyclic) bond motifs is 1. The molecule has 0 radical (unpaired) electrons. The molecule has 0 bridgehead atoms. The van der Waals surface area contributed by atoms with Gasteiger partial charge in [0, 0.05) is 34.6 Å². The zero-order chi connectivity index (χ0) is 19.7. The number of aliphatic hydroxyl groups excluding tert-OH is 2. The van der Waals surface area contributed by atoms with Gasteiger partial charge in [-0.3, -0.25) is 5.10 Å². The number of hydrogen-bond acceptors (Lipinski definition) is 5. The second kappa shape index (κ2) is 7.53. The molecule has 1 aromatic carbocycles. The van der Waals surface area contributed by atoms with E-state index in [1.54, 1.807) is 6.20 Å². The van der Waals surface area contributed by atoms with Gasteiger partial charge >= 0.3 is 0 Å². The van der Waals surface area contributed by atoms with E-state index in [2.05, 4.69) is 20.2 Å². The maximum atomic E-state index is 10.5. The first-order chi connectivity index (χ1) is 13.5. The number of benzene rings is 1. The van der Waals surface area contributed by atoms with Crippen LogP contribution in [-0.4, -0.2) is 41.0 Å². The lowest BCUT2D eigenvalue weighted by atomic mass is 9.97. The van der Waals surface area contributed by atoms with Gasteiger partial charge in [-0.15, -0.1) is 0 Å². The molecule has 3 aromatic heterocycles. The molecule has 4 rings (SSSR count). The number of nitrogens with one attached hydrogen (secondary N) is 1. The van der Waals surface area contributed by atoms with E-state index >= 15 is 0 Å². The molecule has 144 valence electrons.